The summed E-state index contributed by atoms with van der Waals surface area (Å²) in [5.74, 6) is -5.45. The molecular weight excluding hydrogens is 1130 g/mol. The van der Waals surface area contributed by atoms with E-state index < -0.39 is 78.3 Å². The molecule has 0 unspecified atom stereocenters. The third-order valence-corrected chi connectivity index (χ3v) is 17.3. The van der Waals surface area contributed by atoms with Gasteiger partial charge in [0.05, 0.1) is 60.9 Å². The minimum Gasteiger partial charge on any atom is -0.445 e. The molecule has 1 saturated heterocycles. The number of Topliss-reactive ketones (excluding diaryl/α,β-unsaturated/α-hetero) is 3. The van der Waals surface area contributed by atoms with Gasteiger partial charge in [0, 0.05) is 84.6 Å². The fraction of sp³-hybridized carbons (Fsp3) is 0.672. The number of benzene rings is 2. The van der Waals surface area contributed by atoms with Crippen molar-refractivity contribution in [1.82, 2.24) is 30.7 Å². The van der Waals surface area contributed by atoms with Crippen molar-refractivity contribution < 1.29 is 67.3 Å². The summed E-state index contributed by atoms with van der Waals surface area (Å²) in [6, 6.07) is 12.3. The Kier molecular flexibility index (Phi) is 32.7. The van der Waals surface area contributed by atoms with Crippen molar-refractivity contribution in [3.8, 4) is 0 Å². The highest BCUT2D eigenvalue weighted by atomic mass is 16.6. The maximum absolute atomic E-state index is 14.8. The summed E-state index contributed by atoms with van der Waals surface area (Å²) in [7, 11) is 6.22. The van der Waals surface area contributed by atoms with Crippen LogP contribution in [0.15, 0.2) is 54.6 Å². The molecular formula is C67H105N7O14. The highest BCUT2D eigenvalue weighted by Crippen LogP contribution is 2.32. The molecule has 1 heterocycles. The van der Waals surface area contributed by atoms with Gasteiger partial charge in [0.1, 0.15) is 12.4 Å². The van der Waals surface area contributed by atoms with Gasteiger partial charge in [0.25, 0.3) is 0 Å². The lowest BCUT2D eigenvalue weighted by molar-refractivity contribution is -0.149. The molecule has 7 amide bonds. The summed E-state index contributed by atoms with van der Waals surface area (Å²) in [4.78, 5) is 138. The molecule has 0 aliphatic carbocycles. The number of anilines is 1. The second-order valence-corrected chi connectivity index (χ2v) is 25.1. The SMILES string of the molecule is CC[C@H](C)[C@@H]([C@@H](CC(=O)N1CCC[C@H]1[C@H](OC)[C@@H](C)C(=O)N[C@H](C)[C@@H](O)c1ccccc1)OC)N(C)C(=O)[C@H](CC(=O)[C@H](C(C)C)N(C)C(=O)OCc1ccc(NC(=O)[C@H](CCCNC=O)CC(=O)[C@@H](NC(=O)CCCCC(C)=O)C(C)C)cc1)C(C)C. The molecule has 2 aromatic rings. The highest BCUT2D eigenvalue weighted by molar-refractivity contribution is 5.97. The Morgan fingerprint density at radius 3 is 1.97 bits per heavy atom. The molecule has 492 valence electrons. The van der Waals surface area contributed by atoms with Gasteiger partial charge in [0.2, 0.25) is 35.9 Å². The molecule has 2 aromatic carbocycles. The zero-order valence-electron chi connectivity index (χ0n) is 55.1. The van der Waals surface area contributed by atoms with Gasteiger partial charge in [-0.3, -0.25) is 38.4 Å². The number of unbranched alkanes of at least 4 members (excludes halogenated alkanes) is 1. The highest BCUT2D eigenvalue weighted by Gasteiger charge is 2.44. The van der Waals surface area contributed by atoms with Gasteiger partial charge in [0.15, 0.2) is 11.6 Å². The third kappa shape index (κ3) is 23.1. The van der Waals surface area contributed by atoms with Crippen LogP contribution in [0.25, 0.3) is 0 Å². The summed E-state index contributed by atoms with van der Waals surface area (Å²) >= 11 is 0. The van der Waals surface area contributed by atoms with E-state index in [2.05, 4.69) is 21.3 Å². The number of amides is 7. The molecule has 0 bridgehead atoms. The first-order chi connectivity index (χ1) is 41.6. The molecule has 1 aliphatic heterocycles. The Hall–Kier alpha value is -6.58. The minimum atomic E-state index is -0.952. The molecule has 0 saturated carbocycles. The van der Waals surface area contributed by atoms with Crippen LogP contribution in [0.2, 0.25) is 0 Å². The molecule has 3 rings (SSSR count). The molecule has 21 heteroatoms. The van der Waals surface area contributed by atoms with E-state index in [-0.39, 0.29) is 103 Å². The van der Waals surface area contributed by atoms with E-state index in [1.54, 1.807) is 67.1 Å². The fourth-order valence-electron chi connectivity index (χ4n) is 11.9. The van der Waals surface area contributed by atoms with Gasteiger partial charge in [-0.2, -0.15) is 0 Å². The number of rotatable bonds is 40. The summed E-state index contributed by atoms with van der Waals surface area (Å²) in [6.07, 6.45) is 1.35. The van der Waals surface area contributed by atoms with Gasteiger partial charge in [-0.25, -0.2) is 4.79 Å². The average Bonchev–Trinajstić information content (AvgIpc) is 2.10. The van der Waals surface area contributed by atoms with Crippen molar-refractivity contribution in [3.63, 3.8) is 0 Å². The standard InChI is InChI=1S/C67H105N7O14/c1-16-44(8)61(56(86-14)38-58(80)74-35-23-28-53(74)63(87-15)46(10)64(82)69-47(11)62(81)49-25-18-17-19-26-49)72(12)66(84)52(41(2)3)37-55(78)60(43(6)7)73(13)67(85)88-39-48-30-32-51(33-31-48)70-65(83)50(27-22-34-68-40-75)36-54(77)59(42(4)5)71-57(79)29-21-20-24-45(9)76/h17-19,25-26,30-33,40-44,46-47,50,52-53,56,59-63,81H,16,20-24,27-29,34-39H2,1-15H3,(H,68,75)(H,69,82)(H,70,83)(H,71,79)/t44-,46+,47+,50+,52+,53-,56+,59-,60-,61-,62+,63+/m0/s1. The zero-order valence-corrected chi connectivity index (χ0v) is 55.1. The number of likely N-dealkylation sites (tertiary alicyclic amines) is 1. The molecule has 0 spiro atoms. The molecule has 1 fully saturated rings. The Morgan fingerprint density at radius 1 is 0.750 bits per heavy atom. The predicted molar refractivity (Wildman–Crippen MR) is 337 cm³/mol. The van der Waals surface area contributed by atoms with E-state index >= 15 is 0 Å². The number of methoxy groups -OCH3 is 2. The van der Waals surface area contributed by atoms with Crippen LogP contribution in [-0.2, 0) is 64.0 Å². The monoisotopic (exact) mass is 1230 g/mol. The fourth-order valence-corrected chi connectivity index (χ4v) is 11.9. The van der Waals surface area contributed by atoms with Crippen molar-refractivity contribution in [2.24, 2.45) is 41.4 Å². The van der Waals surface area contributed by atoms with E-state index in [1.165, 1.54) is 33.1 Å². The van der Waals surface area contributed by atoms with Gasteiger partial charge < -0.3 is 60.1 Å². The van der Waals surface area contributed by atoms with Gasteiger partial charge in [-0.05, 0) is 99.3 Å². The van der Waals surface area contributed by atoms with E-state index in [9.17, 15) is 53.1 Å². The first kappa shape index (κ1) is 75.7. The Balaban J connectivity index is 1.70. The van der Waals surface area contributed by atoms with Crippen LogP contribution in [0.3, 0.4) is 0 Å². The predicted octanol–water partition coefficient (Wildman–Crippen LogP) is 8.00. The van der Waals surface area contributed by atoms with Crippen molar-refractivity contribution in [2.75, 3.05) is 46.7 Å². The summed E-state index contributed by atoms with van der Waals surface area (Å²) in [5.41, 5.74) is 1.67. The van der Waals surface area contributed by atoms with Crippen LogP contribution >= 0.6 is 0 Å². The third-order valence-electron chi connectivity index (χ3n) is 17.3. The topological polar surface area (TPSA) is 276 Å². The van der Waals surface area contributed by atoms with Crippen LogP contribution in [0.1, 0.15) is 170 Å². The van der Waals surface area contributed by atoms with Crippen molar-refractivity contribution in [2.45, 2.75) is 208 Å². The Labute approximate surface area is 523 Å². The number of hydrogen-bond acceptors (Lipinski definition) is 14. The first-order valence-corrected chi connectivity index (χ1v) is 31.6. The number of aliphatic hydroxyl groups is 1. The summed E-state index contributed by atoms with van der Waals surface area (Å²) in [5, 5.41) is 22.2. The lowest BCUT2D eigenvalue weighted by atomic mass is 9.83. The van der Waals surface area contributed by atoms with Crippen LogP contribution < -0.4 is 21.3 Å². The number of hydrogen-bond donors (Lipinski definition) is 5. The van der Waals surface area contributed by atoms with Crippen LogP contribution in [0.5, 0.6) is 0 Å². The van der Waals surface area contributed by atoms with Crippen LogP contribution in [-0.4, -0.2) is 163 Å². The number of aliphatic hydroxyl groups excluding tert-OH is 1. The Morgan fingerprint density at radius 2 is 1.40 bits per heavy atom. The number of likely N-dealkylation sites (N-methyl/N-ethyl adjacent to an activating group) is 2. The molecule has 21 nitrogen and oxygen atoms in total. The minimum absolute atomic E-state index is 0.0420. The average molecular weight is 1230 g/mol. The number of carbonyl (C=O) groups is 10. The molecule has 0 radical (unpaired) electrons. The Bertz CT molecular complexity index is 2560. The zero-order chi connectivity index (χ0) is 65.9. The number of nitrogens with one attached hydrogen (secondary N) is 4. The van der Waals surface area contributed by atoms with Gasteiger partial charge in [-0.15, -0.1) is 0 Å². The molecule has 5 N–H and O–H groups in total. The first-order valence-electron chi connectivity index (χ1n) is 31.6. The van der Waals surface area contributed by atoms with E-state index in [1.807, 2.05) is 73.6 Å². The largest absolute Gasteiger partial charge is 0.445 e. The molecule has 1 aliphatic rings. The summed E-state index contributed by atoms with van der Waals surface area (Å²) < 4.78 is 17.8. The van der Waals surface area contributed by atoms with Gasteiger partial charge in [-0.1, -0.05) is 111 Å². The second-order valence-electron chi connectivity index (χ2n) is 25.1. The van der Waals surface area contributed by atoms with Crippen molar-refractivity contribution in [1.29, 1.82) is 0 Å². The second kappa shape index (κ2) is 38.1. The lowest BCUT2D eigenvalue weighted by Gasteiger charge is -2.41. The molecule has 12 atom stereocenters. The maximum Gasteiger partial charge on any atom is 0.410 e. The van der Waals surface area contributed by atoms with Crippen LogP contribution in [0, 0.1) is 41.4 Å². The normalized spacial score (nSPS) is 17.0. The van der Waals surface area contributed by atoms with E-state index in [0.717, 1.165) is 0 Å². The number of carbonyl (C=O) groups excluding carboxylic acids is 10. The van der Waals surface area contributed by atoms with Crippen LogP contribution in [0.4, 0.5) is 10.5 Å². The number of nitrogens with zero attached hydrogens (tertiary/aromatic N) is 3. The summed E-state index contributed by atoms with van der Waals surface area (Å²) in [6.45, 7) is 20.6. The van der Waals surface area contributed by atoms with E-state index in [0.29, 0.717) is 81.3 Å². The van der Waals surface area contributed by atoms with Crippen molar-refractivity contribution in [3.05, 3.63) is 65.7 Å². The number of ketones is 3. The maximum atomic E-state index is 14.8. The smallest absolute Gasteiger partial charge is 0.410 e. The van der Waals surface area contributed by atoms with Gasteiger partial charge >= 0.3 is 6.09 Å². The molecule has 88 heavy (non-hydrogen) atoms. The number of ether oxygens (including phenoxy) is 3. The quantitative estimate of drug-likeness (QED) is 0.0312. The molecule has 0 aromatic heterocycles. The van der Waals surface area contributed by atoms with E-state index in [4.69, 9.17) is 14.2 Å². The lowest BCUT2D eigenvalue weighted by Crippen LogP contribution is -2.55. The van der Waals surface area contributed by atoms with Crippen molar-refractivity contribution >= 4 is 65.1 Å².